The highest BCUT2D eigenvalue weighted by molar-refractivity contribution is 8.00. The molecule has 0 saturated carbocycles. The lowest BCUT2D eigenvalue weighted by Crippen LogP contribution is -2.24. The summed E-state index contributed by atoms with van der Waals surface area (Å²) in [5.41, 5.74) is -0.0384. The van der Waals surface area contributed by atoms with E-state index >= 15 is 0 Å². The summed E-state index contributed by atoms with van der Waals surface area (Å²) in [6.45, 7) is 1.89. The predicted molar refractivity (Wildman–Crippen MR) is 149 cm³/mol. The van der Waals surface area contributed by atoms with E-state index in [1.165, 1.54) is 11.8 Å². The Hall–Kier alpha value is -2.62. The highest BCUT2D eigenvalue weighted by Gasteiger charge is 2.29. The number of nitrogens with one attached hydrogen (secondary N) is 2. The molecule has 0 radical (unpaired) electrons. The summed E-state index contributed by atoms with van der Waals surface area (Å²) in [4.78, 5) is 38.4. The van der Waals surface area contributed by atoms with Crippen molar-refractivity contribution in [3.05, 3.63) is 79.7 Å². The van der Waals surface area contributed by atoms with Gasteiger partial charge in [-0.3, -0.25) is 9.59 Å². The van der Waals surface area contributed by atoms with Gasteiger partial charge in [-0.2, -0.15) is 0 Å². The van der Waals surface area contributed by atoms with Crippen molar-refractivity contribution in [1.82, 2.24) is 0 Å². The average molecular weight is 602 g/mol. The number of rotatable bonds is 9. The van der Waals surface area contributed by atoms with Gasteiger partial charge in [0.05, 0.1) is 43.6 Å². The Morgan fingerprint density at radius 3 is 2.08 bits per heavy atom. The van der Waals surface area contributed by atoms with E-state index in [9.17, 15) is 19.5 Å². The predicted octanol–water partition coefficient (Wildman–Crippen LogP) is 7.77. The van der Waals surface area contributed by atoms with Gasteiger partial charge in [-0.25, -0.2) is 4.79 Å². The summed E-state index contributed by atoms with van der Waals surface area (Å²) < 4.78 is 5.19. The molecule has 0 aliphatic heterocycles. The molecule has 3 N–H and O–H groups in total. The zero-order chi connectivity index (χ0) is 27.3. The molecule has 0 bridgehead atoms. The fourth-order valence-corrected chi connectivity index (χ4v) is 5.33. The summed E-state index contributed by atoms with van der Waals surface area (Å²) in [7, 11) is 1.55. The molecule has 3 aromatic carbocycles. The fraction of sp³-hybridized carbons (Fsp3) is 0.160. The monoisotopic (exact) mass is 600 g/mol. The maximum Gasteiger partial charge on any atom is 0.338 e. The van der Waals surface area contributed by atoms with Gasteiger partial charge >= 0.3 is 5.97 Å². The van der Waals surface area contributed by atoms with Gasteiger partial charge in [0.25, 0.3) is 5.91 Å². The number of carbonyl (C=O) groups excluding carboxylic acids is 2. The van der Waals surface area contributed by atoms with E-state index < -0.39 is 33.3 Å². The third kappa shape index (κ3) is 6.83. The summed E-state index contributed by atoms with van der Waals surface area (Å²) in [6, 6.07) is 13.8. The minimum atomic E-state index is -1.49. The van der Waals surface area contributed by atoms with Gasteiger partial charge < -0.3 is 20.5 Å². The number of benzene rings is 3. The first kappa shape index (κ1) is 28.9. The van der Waals surface area contributed by atoms with Crippen LogP contribution in [0.25, 0.3) is 0 Å². The van der Waals surface area contributed by atoms with Crippen molar-refractivity contribution in [3.8, 4) is 5.75 Å². The molecule has 0 heterocycles. The smallest absolute Gasteiger partial charge is 0.338 e. The van der Waals surface area contributed by atoms with Crippen LogP contribution < -0.4 is 15.4 Å². The Labute approximate surface area is 237 Å². The molecule has 194 valence electrons. The number of carboxylic acid groups (broad SMARTS) is 1. The zero-order valence-electron chi connectivity index (χ0n) is 19.4. The Morgan fingerprint density at radius 2 is 1.49 bits per heavy atom. The van der Waals surface area contributed by atoms with Crippen LogP contribution in [-0.4, -0.2) is 35.2 Å². The van der Waals surface area contributed by atoms with Crippen molar-refractivity contribution in [2.75, 3.05) is 17.7 Å². The van der Waals surface area contributed by atoms with Crippen LogP contribution in [0.2, 0.25) is 20.1 Å². The number of aromatic carboxylic acids is 1. The lowest BCUT2D eigenvalue weighted by Gasteiger charge is -2.16. The molecule has 0 fully saturated rings. The van der Waals surface area contributed by atoms with E-state index in [1.54, 1.807) is 55.6 Å². The number of anilines is 2. The van der Waals surface area contributed by atoms with Crippen molar-refractivity contribution >= 4 is 87.3 Å². The highest BCUT2D eigenvalue weighted by Crippen LogP contribution is 2.42. The molecule has 0 aliphatic rings. The molecule has 3 rings (SSSR count). The molecule has 0 aliphatic carbocycles. The maximum atomic E-state index is 13.0. The topological polar surface area (TPSA) is 105 Å². The lowest BCUT2D eigenvalue weighted by atomic mass is 10.1. The number of ether oxygens (including phenoxy) is 1. The van der Waals surface area contributed by atoms with E-state index in [-0.39, 0.29) is 21.0 Å². The largest absolute Gasteiger partial charge is 0.497 e. The van der Waals surface area contributed by atoms with Crippen LogP contribution in [0.15, 0.2) is 53.4 Å². The Balaban J connectivity index is 1.80. The molecule has 2 amide bonds. The summed E-state index contributed by atoms with van der Waals surface area (Å²) in [5, 5.41) is 13.4. The second-order valence-corrected chi connectivity index (χ2v) is 10.3. The first-order chi connectivity index (χ1) is 17.6. The molecule has 7 nitrogen and oxygen atoms in total. The van der Waals surface area contributed by atoms with E-state index in [0.29, 0.717) is 28.4 Å². The van der Waals surface area contributed by atoms with Crippen LogP contribution in [0.4, 0.5) is 11.4 Å². The normalized spacial score (nSPS) is 11.5. The molecule has 37 heavy (non-hydrogen) atoms. The van der Waals surface area contributed by atoms with Crippen LogP contribution in [0.5, 0.6) is 5.75 Å². The minimum Gasteiger partial charge on any atom is -0.497 e. The molecular formula is C25H20Cl4N2O5S. The Morgan fingerprint density at radius 1 is 0.892 bits per heavy atom. The second kappa shape index (κ2) is 12.8. The third-order valence-corrected chi connectivity index (χ3v) is 8.24. The second-order valence-electron chi connectivity index (χ2n) is 7.53. The first-order valence-corrected chi connectivity index (χ1v) is 13.1. The van der Waals surface area contributed by atoms with Crippen molar-refractivity contribution in [1.29, 1.82) is 0 Å². The molecule has 1 unspecified atom stereocenters. The average Bonchev–Trinajstić information content (AvgIpc) is 2.87. The molecule has 0 spiro atoms. The van der Waals surface area contributed by atoms with Gasteiger partial charge in [-0.15, -0.1) is 11.8 Å². The number of carboxylic acids is 1. The Bertz CT molecular complexity index is 1370. The first-order valence-electron chi connectivity index (χ1n) is 10.7. The number of halogens is 4. The molecule has 12 heteroatoms. The number of hydrogen-bond acceptors (Lipinski definition) is 5. The van der Waals surface area contributed by atoms with Gasteiger partial charge in [-0.1, -0.05) is 65.5 Å². The minimum absolute atomic E-state index is 0.196. The molecule has 1 atom stereocenters. The van der Waals surface area contributed by atoms with Gasteiger partial charge in [-0.05, 0) is 36.8 Å². The van der Waals surface area contributed by atoms with Crippen LogP contribution in [0.3, 0.4) is 0 Å². The van der Waals surface area contributed by atoms with Crippen molar-refractivity contribution < 1.29 is 24.2 Å². The van der Waals surface area contributed by atoms with Crippen molar-refractivity contribution in [2.24, 2.45) is 0 Å². The molecule has 0 aromatic heterocycles. The number of methoxy groups -OCH3 is 1. The standard InChI is InChI=1S/C25H20Cl4N2O5S/c1-3-16(23(32)30-12-6-4-8-14(10-12)36-2)37-15-9-5-7-13(11-15)31-24(33)17-18(25(34)35)20(27)22(29)21(28)19(17)26/h4-11,16H,3H2,1-2H3,(H,30,32)(H,31,33)(H,34,35). The summed E-state index contributed by atoms with van der Waals surface area (Å²) >= 11 is 25.5. The summed E-state index contributed by atoms with van der Waals surface area (Å²) in [6.07, 6.45) is 0.538. The zero-order valence-corrected chi connectivity index (χ0v) is 23.2. The van der Waals surface area contributed by atoms with Gasteiger partial charge in [0.15, 0.2) is 0 Å². The third-order valence-electron chi connectivity index (χ3n) is 5.08. The van der Waals surface area contributed by atoms with E-state index in [1.807, 2.05) is 6.92 Å². The van der Waals surface area contributed by atoms with Gasteiger partial charge in [0, 0.05) is 22.3 Å². The van der Waals surface area contributed by atoms with Gasteiger partial charge in [0.2, 0.25) is 5.91 Å². The molecule has 3 aromatic rings. The van der Waals surface area contributed by atoms with Crippen LogP contribution >= 0.6 is 58.2 Å². The van der Waals surface area contributed by atoms with E-state index in [2.05, 4.69) is 10.6 Å². The Kier molecular flexibility index (Phi) is 9.98. The quantitative estimate of drug-likeness (QED) is 0.131. The van der Waals surface area contributed by atoms with Crippen molar-refractivity contribution in [2.45, 2.75) is 23.5 Å². The highest BCUT2D eigenvalue weighted by atomic mass is 35.5. The lowest BCUT2D eigenvalue weighted by molar-refractivity contribution is -0.115. The number of carbonyl (C=O) groups is 3. The van der Waals surface area contributed by atoms with E-state index in [4.69, 9.17) is 51.1 Å². The molecular weight excluding hydrogens is 582 g/mol. The maximum absolute atomic E-state index is 13.0. The number of hydrogen-bond donors (Lipinski definition) is 3. The molecule has 0 saturated heterocycles. The SMILES string of the molecule is CCC(Sc1cccc(NC(=O)c2c(Cl)c(Cl)c(Cl)c(Cl)c2C(=O)O)c1)C(=O)Nc1cccc(OC)c1. The van der Waals surface area contributed by atoms with E-state index in [0.717, 1.165) is 0 Å². The van der Waals surface area contributed by atoms with Crippen molar-refractivity contribution in [3.63, 3.8) is 0 Å². The number of thioether (sulfide) groups is 1. The number of amides is 2. The van der Waals surface area contributed by atoms with Crippen LogP contribution in [0.1, 0.15) is 34.1 Å². The van der Waals surface area contributed by atoms with Gasteiger partial charge in [0.1, 0.15) is 5.75 Å². The fourth-order valence-electron chi connectivity index (χ4n) is 3.30. The summed E-state index contributed by atoms with van der Waals surface area (Å²) in [5.74, 6) is -1.91. The van der Waals surface area contributed by atoms with Crippen LogP contribution in [0, 0.1) is 0 Å². The van der Waals surface area contributed by atoms with Crippen LogP contribution in [-0.2, 0) is 4.79 Å².